The van der Waals surface area contributed by atoms with Crippen molar-refractivity contribution in [2.45, 2.75) is 25.3 Å². The van der Waals surface area contributed by atoms with Crippen LogP contribution in [0.2, 0.25) is 0 Å². The minimum Gasteiger partial charge on any atom is -0.480 e. The van der Waals surface area contributed by atoms with E-state index in [0.717, 1.165) is 18.9 Å². The highest BCUT2D eigenvalue weighted by Crippen LogP contribution is 2.32. The number of carbonyl (C=O) groups is 4. The summed E-state index contributed by atoms with van der Waals surface area (Å²) < 4.78 is 43.8. The second-order valence-electron chi connectivity index (χ2n) is 16.0. The summed E-state index contributed by atoms with van der Waals surface area (Å²) in [5.74, 6) is -0.645. The summed E-state index contributed by atoms with van der Waals surface area (Å²) in [6.07, 6.45) is 11.0. The van der Waals surface area contributed by atoms with Crippen LogP contribution < -0.4 is 36.1 Å². The van der Waals surface area contributed by atoms with Gasteiger partial charge in [-0.1, -0.05) is 10.4 Å². The quantitative estimate of drug-likeness (QED) is 0.129. The topological polar surface area (TPSA) is 285 Å². The molecule has 2 fully saturated rings. The predicted octanol–water partition coefficient (Wildman–Crippen LogP) is 2.62. The maximum Gasteiger partial charge on any atom is 0.414 e. The van der Waals surface area contributed by atoms with E-state index in [1.54, 1.807) is 101 Å². The van der Waals surface area contributed by atoms with Gasteiger partial charge in [-0.2, -0.15) is 10.2 Å². The van der Waals surface area contributed by atoms with Gasteiger partial charge in [-0.25, -0.2) is 42.7 Å². The first-order valence-corrected chi connectivity index (χ1v) is 22.3. The number of hydrogen-bond donors (Lipinski definition) is 4. The first kappa shape index (κ1) is 52.1. The summed E-state index contributed by atoms with van der Waals surface area (Å²) in [5, 5.41) is 34.9. The molecule has 8 heterocycles. The molecule has 73 heavy (non-hydrogen) atoms. The number of carbonyl (C=O) groups excluding carboxylic acids is 3. The number of aromatic nitrogens is 8. The van der Waals surface area contributed by atoms with Crippen LogP contribution in [0.3, 0.4) is 0 Å². The number of anilines is 4. The van der Waals surface area contributed by atoms with Gasteiger partial charge in [0.25, 0.3) is 5.91 Å². The Morgan fingerprint density at radius 3 is 1.67 bits per heavy atom. The van der Waals surface area contributed by atoms with Crippen molar-refractivity contribution in [2.75, 3.05) is 79.0 Å². The summed E-state index contributed by atoms with van der Waals surface area (Å²) >= 11 is 0. The van der Waals surface area contributed by atoms with E-state index in [0.29, 0.717) is 72.2 Å². The van der Waals surface area contributed by atoms with Crippen LogP contribution in [0.5, 0.6) is 0 Å². The second kappa shape index (κ2) is 24.4. The molecule has 28 heteroatoms. The minimum absolute atomic E-state index is 0. The van der Waals surface area contributed by atoms with E-state index in [2.05, 4.69) is 51.5 Å². The van der Waals surface area contributed by atoms with Gasteiger partial charge in [-0.05, 0) is 67.7 Å². The van der Waals surface area contributed by atoms with Gasteiger partial charge in [0.1, 0.15) is 48.2 Å². The average Bonchev–Trinajstić information content (AvgIpc) is 4.25. The van der Waals surface area contributed by atoms with E-state index in [-0.39, 0.29) is 44.1 Å². The van der Waals surface area contributed by atoms with Gasteiger partial charge in [0.2, 0.25) is 0 Å². The summed E-state index contributed by atoms with van der Waals surface area (Å²) in [4.78, 5) is 61.1. The number of hydrogen-bond acceptors (Lipinski definition) is 19. The highest BCUT2D eigenvalue weighted by atomic mass is 35.5. The van der Waals surface area contributed by atoms with E-state index in [1.807, 2.05) is 17.0 Å². The lowest BCUT2D eigenvalue weighted by Gasteiger charge is -2.27. The molecule has 2 saturated heterocycles. The molecule has 4 aromatic heterocycles. The Morgan fingerprint density at radius 1 is 0.767 bits per heavy atom. The molecule has 3 amide bonds. The molecular formula is C45H49ClF2N18O7. The SMILES string of the molecule is CNCC(=O)O.Cl.NCC(=O)N1CCN(c2ccc(-c3ccc(N4C[C@H](Cn5ccnn5)OC4=O)cc3F)cn2)C=N1.O=C1O[C@@H](Cn2ccnn2)CN1c1ccc(-c2ccc(N3C=NNCC3)nc2)c(F)c1. The molecule has 382 valence electrons. The Kier molecular flexibility index (Phi) is 17.4. The third-order valence-corrected chi connectivity index (χ3v) is 11.1. The number of carboxylic acids is 1. The molecule has 0 spiro atoms. The smallest absolute Gasteiger partial charge is 0.414 e. The highest BCUT2D eigenvalue weighted by molar-refractivity contribution is 5.91. The van der Waals surface area contributed by atoms with E-state index in [4.69, 9.17) is 20.3 Å². The van der Waals surface area contributed by atoms with E-state index >= 15 is 4.39 Å². The van der Waals surface area contributed by atoms with Crippen LogP contribution in [0.4, 0.5) is 41.4 Å². The van der Waals surface area contributed by atoms with E-state index < -0.39 is 35.9 Å². The lowest BCUT2D eigenvalue weighted by atomic mass is 10.1. The molecule has 4 aliphatic heterocycles. The zero-order chi connectivity index (χ0) is 50.6. The number of nitrogens with one attached hydrogen (secondary N) is 2. The third kappa shape index (κ3) is 13.2. The van der Waals surface area contributed by atoms with Crippen LogP contribution in [-0.2, 0) is 32.2 Å². The number of carboxylic acid groups (broad SMARTS) is 1. The summed E-state index contributed by atoms with van der Waals surface area (Å²) in [7, 11) is 1.59. The van der Waals surface area contributed by atoms with E-state index in [9.17, 15) is 23.6 Å². The number of likely N-dealkylation sites (N-methyl/N-ethyl adjacent to an activating group) is 1. The zero-order valence-electron chi connectivity index (χ0n) is 39.0. The number of cyclic esters (lactones) is 2. The lowest BCUT2D eigenvalue weighted by Crippen LogP contribution is -2.43. The van der Waals surface area contributed by atoms with Crippen molar-refractivity contribution in [1.29, 1.82) is 0 Å². The van der Waals surface area contributed by atoms with Gasteiger partial charge in [0.05, 0.1) is 76.1 Å². The average molecular weight is 1030 g/mol. The number of halogens is 3. The van der Waals surface area contributed by atoms with Gasteiger partial charge in [0, 0.05) is 60.1 Å². The van der Waals surface area contributed by atoms with Crippen molar-refractivity contribution in [3.63, 3.8) is 0 Å². The minimum atomic E-state index is -0.822. The zero-order valence-corrected chi connectivity index (χ0v) is 39.8. The van der Waals surface area contributed by atoms with Crippen LogP contribution in [-0.4, -0.2) is 158 Å². The van der Waals surface area contributed by atoms with Gasteiger partial charge in [0.15, 0.2) is 0 Å². The van der Waals surface area contributed by atoms with Crippen molar-refractivity contribution in [3.8, 4) is 22.3 Å². The Bertz CT molecular complexity index is 2880. The van der Waals surface area contributed by atoms with Gasteiger partial charge in [-0.15, -0.1) is 22.6 Å². The molecule has 25 nitrogen and oxygen atoms in total. The van der Waals surface area contributed by atoms with Crippen molar-refractivity contribution in [1.82, 2.24) is 55.7 Å². The van der Waals surface area contributed by atoms with Crippen molar-refractivity contribution >= 4 is 72.2 Å². The summed E-state index contributed by atoms with van der Waals surface area (Å²) in [5.41, 5.74) is 11.1. The van der Waals surface area contributed by atoms with Crippen LogP contribution >= 0.6 is 12.4 Å². The van der Waals surface area contributed by atoms with Crippen molar-refractivity contribution in [2.24, 2.45) is 15.9 Å². The van der Waals surface area contributed by atoms with Crippen LogP contribution in [0.1, 0.15) is 0 Å². The Labute approximate surface area is 421 Å². The molecule has 6 aromatic rings. The molecular weight excluding hydrogens is 978 g/mol. The maximum absolute atomic E-state index is 15.0. The number of hydrazone groups is 2. The Balaban J connectivity index is 0.000000191. The normalized spacial score (nSPS) is 16.9. The third-order valence-electron chi connectivity index (χ3n) is 11.1. The molecule has 0 radical (unpaired) electrons. The number of benzene rings is 2. The number of nitrogens with two attached hydrogens (primary N) is 1. The Hall–Kier alpha value is -8.69. The molecule has 2 aromatic carbocycles. The fourth-order valence-electron chi connectivity index (χ4n) is 7.61. The van der Waals surface area contributed by atoms with Crippen LogP contribution in [0.25, 0.3) is 22.3 Å². The first-order valence-electron chi connectivity index (χ1n) is 22.3. The molecule has 4 aliphatic rings. The second-order valence-corrected chi connectivity index (χ2v) is 16.0. The largest absolute Gasteiger partial charge is 0.480 e. The van der Waals surface area contributed by atoms with Crippen molar-refractivity contribution in [3.05, 3.63) is 109 Å². The highest BCUT2D eigenvalue weighted by Gasteiger charge is 2.34. The lowest BCUT2D eigenvalue weighted by molar-refractivity contribution is -0.135. The molecule has 0 unspecified atom stereocenters. The number of aliphatic carboxylic acids is 1. The standard InChI is InChI=1S/C22H22FN9O3.C20H19FN8O2.C3H7NO2.ClH/c23-19-9-16(31-13-17(35-22(31)34)12-30-6-5-26-28-30)2-3-18(19)15-1-4-20(25-11-15)29-7-8-32(27-14-29)21(33)10-24;21-18-9-15(29-12-16(31-20(29)30)11-28-8-6-24-26-28)2-3-17(18)14-1-4-19(22-10-14)27-7-5-23-25-13-27;1-4-2-3(5)6;/h1-6,9,11,14,17H,7-8,10,12-13,24H2;1-4,6,8-10,13,16,23H,5,7,11-12H2;4H,2H2,1H3,(H,5,6);1H/t17-;16-;;/m00../s1. The molecule has 2 atom stereocenters. The number of rotatable bonds is 13. The molecule has 5 N–H and O–H groups in total. The molecule has 10 rings (SSSR count). The van der Waals surface area contributed by atoms with Gasteiger partial charge >= 0.3 is 18.2 Å². The fourth-order valence-corrected chi connectivity index (χ4v) is 7.61. The van der Waals surface area contributed by atoms with E-state index in [1.165, 1.54) is 33.3 Å². The summed E-state index contributed by atoms with van der Waals surface area (Å²) in [6, 6.07) is 16.4. The van der Waals surface area contributed by atoms with Gasteiger partial charge in [-0.3, -0.25) is 19.4 Å². The fraction of sp³-hybridized carbons (Fsp3) is 0.289. The molecule has 0 bridgehead atoms. The molecule has 0 saturated carbocycles. The monoisotopic (exact) mass is 1030 g/mol. The molecule has 0 aliphatic carbocycles. The summed E-state index contributed by atoms with van der Waals surface area (Å²) in [6.45, 7) is 3.66. The van der Waals surface area contributed by atoms with Crippen molar-refractivity contribution < 1.29 is 42.5 Å². The van der Waals surface area contributed by atoms with Crippen LogP contribution in [0, 0.1) is 11.6 Å². The number of pyridine rings is 2. The first-order chi connectivity index (χ1) is 35.0. The number of amides is 3. The predicted molar refractivity (Wildman–Crippen MR) is 264 cm³/mol. The Morgan fingerprint density at radius 2 is 1.30 bits per heavy atom. The van der Waals surface area contributed by atoms with Crippen LogP contribution in [0.15, 0.2) is 108 Å². The number of ether oxygens (including phenoxy) is 2. The maximum atomic E-state index is 15.0. The van der Waals surface area contributed by atoms with Gasteiger partial charge < -0.3 is 40.9 Å². The number of nitrogens with zero attached hydrogens (tertiary/aromatic N) is 15.